The Bertz CT molecular complexity index is 253. The van der Waals surface area contributed by atoms with Crippen LogP contribution in [0.2, 0.25) is 0 Å². The predicted octanol–water partition coefficient (Wildman–Crippen LogP) is 0.551. The first-order valence-electron chi connectivity index (χ1n) is 5.85. The normalized spacial score (nSPS) is 35.7. The minimum Gasteiger partial charge on any atom is -0.378 e. The summed E-state index contributed by atoms with van der Waals surface area (Å²) < 4.78 is 5.56. The molecule has 0 aromatic carbocycles. The summed E-state index contributed by atoms with van der Waals surface area (Å²) in [7, 11) is 0. The van der Waals surface area contributed by atoms with Crippen LogP contribution in [0.3, 0.4) is 0 Å². The van der Waals surface area contributed by atoms with Gasteiger partial charge in [0.2, 0.25) is 5.91 Å². The van der Waals surface area contributed by atoms with Crippen molar-refractivity contribution in [1.29, 1.82) is 0 Å². The molecule has 0 aromatic heterocycles. The highest BCUT2D eigenvalue weighted by atomic mass is 16.5. The maximum Gasteiger partial charge on any atom is 0.237 e. The number of amides is 1. The molecule has 2 fully saturated rings. The second kappa shape index (κ2) is 4.10. The Morgan fingerprint density at radius 1 is 1.53 bits per heavy atom. The Hall–Kier alpha value is -0.610. The third-order valence-corrected chi connectivity index (χ3v) is 3.40. The Morgan fingerprint density at radius 3 is 2.80 bits per heavy atom. The van der Waals surface area contributed by atoms with Crippen LogP contribution in [-0.2, 0) is 9.53 Å². The van der Waals surface area contributed by atoms with Gasteiger partial charge in [0.15, 0.2) is 0 Å². The largest absolute Gasteiger partial charge is 0.378 e. The number of primary amides is 1. The van der Waals surface area contributed by atoms with Crippen molar-refractivity contribution in [2.75, 3.05) is 6.61 Å². The van der Waals surface area contributed by atoms with Gasteiger partial charge in [-0.1, -0.05) is 0 Å². The second-order valence-corrected chi connectivity index (χ2v) is 4.69. The third-order valence-electron chi connectivity index (χ3n) is 3.40. The van der Waals surface area contributed by atoms with E-state index in [0.29, 0.717) is 12.6 Å². The van der Waals surface area contributed by atoms with E-state index in [1.165, 1.54) is 12.8 Å². The smallest absolute Gasteiger partial charge is 0.237 e. The summed E-state index contributed by atoms with van der Waals surface area (Å²) in [6.45, 7) is 2.70. The molecule has 4 nitrogen and oxygen atoms in total. The van der Waals surface area contributed by atoms with Crippen LogP contribution in [0.1, 0.15) is 39.0 Å². The lowest BCUT2D eigenvalue weighted by Gasteiger charge is -2.27. The number of ether oxygens (including phenoxy) is 1. The van der Waals surface area contributed by atoms with Crippen LogP contribution in [0, 0.1) is 0 Å². The highest BCUT2D eigenvalue weighted by Gasteiger charge is 2.46. The van der Waals surface area contributed by atoms with Crippen molar-refractivity contribution in [2.45, 2.75) is 56.7 Å². The van der Waals surface area contributed by atoms with Crippen LogP contribution in [-0.4, -0.2) is 30.2 Å². The first-order chi connectivity index (χ1) is 7.16. The molecule has 86 valence electrons. The summed E-state index contributed by atoms with van der Waals surface area (Å²) in [5.74, 6) is -0.211. The predicted molar refractivity (Wildman–Crippen MR) is 57.3 cm³/mol. The maximum absolute atomic E-state index is 11.5. The molecule has 0 heterocycles. The monoisotopic (exact) mass is 212 g/mol. The molecule has 2 aliphatic carbocycles. The minimum absolute atomic E-state index is 0.203. The van der Waals surface area contributed by atoms with Gasteiger partial charge in [-0.15, -0.1) is 0 Å². The average molecular weight is 212 g/mol. The number of rotatable bonds is 5. The van der Waals surface area contributed by atoms with Crippen LogP contribution < -0.4 is 11.1 Å². The van der Waals surface area contributed by atoms with Crippen molar-refractivity contribution in [3.8, 4) is 0 Å². The summed E-state index contributed by atoms with van der Waals surface area (Å²) in [6.07, 6.45) is 5.06. The molecule has 2 unspecified atom stereocenters. The van der Waals surface area contributed by atoms with E-state index < -0.39 is 5.54 Å². The highest BCUT2D eigenvalue weighted by Crippen LogP contribution is 2.35. The van der Waals surface area contributed by atoms with E-state index in [1.807, 2.05) is 6.92 Å². The molecule has 2 saturated carbocycles. The Kier molecular flexibility index (Phi) is 2.98. The number of nitrogens with two attached hydrogens (primary N) is 1. The molecule has 4 heteroatoms. The zero-order chi connectivity index (χ0) is 10.9. The molecule has 15 heavy (non-hydrogen) atoms. The first kappa shape index (κ1) is 10.9. The number of nitrogens with one attached hydrogen (secondary N) is 1. The zero-order valence-corrected chi connectivity index (χ0v) is 9.29. The lowest BCUT2D eigenvalue weighted by Crippen LogP contribution is -2.54. The maximum atomic E-state index is 11.5. The van der Waals surface area contributed by atoms with E-state index >= 15 is 0 Å². The molecule has 0 radical (unpaired) electrons. The Labute approximate surface area is 90.5 Å². The van der Waals surface area contributed by atoms with Crippen molar-refractivity contribution in [3.05, 3.63) is 0 Å². The molecule has 0 spiro atoms. The fourth-order valence-electron chi connectivity index (χ4n) is 2.42. The van der Waals surface area contributed by atoms with E-state index in [-0.39, 0.29) is 12.0 Å². The third kappa shape index (κ3) is 2.32. The van der Waals surface area contributed by atoms with Gasteiger partial charge < -0.3 is 15.8 Å². The molecular weight excluding hydrogens is 192 g/mol. The lowest BCUT2D eigenvalue weighted by atomic mass is 9.96. The quantitative estimate of drug-likeness (QED) is 0.699. The van der Waals surface area contributed by atoms with E-state index in [9.17, 15) is 4.79 Å². The molecule has 1 amide bonds. The summed E-state index contributed by atoms with van der Waals surface area (Å²) in [4.78, 5) is 11.5. The van der Waals surface area contributed by atoms with Gasteiger partial charge in [-0.05, 0) is 32.6 Å². The topological polar surface area (TPSA) is 64.3 Å². The summed E-state index contributed by atoms with van der Waals surface area (Å²) in [6, 6.07) is 0.512. The van der Waals surface area contributed by atoms with E-state index in [0.717, 1.165) is 19.3 Å². The van der Waals surface area contributed by atoms with Gasteiger partial charge in [-0.2, -0.15) is 0 Å². The zero-order valence-electron chi connectivity index (χ0n) is 9.29. The van der Waals surface area contributed by atoms with Crippen molar-refractivity contribution < 1.29 is 9.53 Å². The second-order valence-electron chi connectivity index (χ2n) is 4.69. The van der Waals surface area contributed by atoms with Gasteiger partial charge in [-0.3, -0.25) is 4.79 Å². The molecule has 3 N–H and O–H groups in total. The summed E-state index contributed by atoms with van der Waals surface area (Å²) in [5, 5.41) is 3.40. The number of carbonyl (C=O) groups is 1. The molecule has 0 aromatic rings. The van der Waals surface area contributed by atoms with Gasteiger partial charge in [0, 0.05) is 19.1 Å². The minimum atomic E-state index is -0.485. The standard InChI is InChI=1S/C11H20N2O2/c1-2-15-9-5-6-11(7-9,10(12)14)13-8-3-4-8/h8-9,13H,2-7H2,1H3,(H2,12,14). The van der Waals surface area contributed by atoms with Gasteiger partial charge in [0.25, 0.3) is 0 Å². The Morgan fingerprint density at radius 2 is 2.27 bits per heavy atom. The molecule has 2 atom stereocenters. The number of carbonyl (C=O) groups excluding carboxylic acids is 1. The molecule has 2 rings (SSSR count). The number of hydrogen-bond donors (Lipinski definition) is 2. The molecule has 2 aliphatic rings. The van der Waals surface area contributed by atoms with Crippen molar-refractivity contribution in [1.82, 2.24) is 5.32 Å². The Balaban J connectivity index is 1.97. The van der Waals surface area contributed by atoms with Crippen molar-refractivity contribution in [2.24, 2.45) is 5.73 Å². The van der Waals surface area contributed by atoms with Crippen LogP contribution in [0.15, 0.2) is 0 Å². The molecular formula is C11H20N2O2. The summed E-state index contributed by atoms with van der Waals surface area (Å²) in [5.41, 5.74) is 5.03. The van der Waals surface area contributed by atoms with Gasteiger partial charge >= 0.3 is 0 Å². The summed E-state index contributed by atoms with van der Waals surface area (Å²) >= 11 is 0. The van der Waals surface area contributed by atoms with Crippen LogP contribution in [0.4, 0.5) is 0 Å². The van der Waals surface area contributed by atoms with Gasteiger partial charge in [-0.25, -0.2) is 0 Å². The van der Waals surface area contributed by atoms with Crippen LogP contribution in [0.5, 0.6) is 0 Å². The average Bonchev–Trinajstić information content (AvgIpc) is 2.88. The molecule has 0 saturated heterocycles. The number of hydrogen-bond acceptors (Lipinski definition) is 3. The highest BCUT2D eigenvalue weighted by molar-refractivity contribution is 5.85. The van der Waals surface area contributed by atoms with Gasteiger partial charge in [0.1, 0.15) is 5.54 Å². The first-order valence-corrected chi connectivity index (χ1v) is 5.85. The van der Waals surface area contributed by atoms with Crippen LogP contribution in [0.25, 0.3) is 0 Å². The van der Waals surface area contributed by atoms with Crippen LogP contribution >= 0.6 is 0 Å². The van der Waals surface area contributed by atoms with E-state index in [4.69, 9.17) is 10.5 Å². The van der Waals surface area contributed by atoms with E-state index in [2.05, 4.69) is 5.32 Å². The molecule has 0 aliphatic heterocycles. The van der Waals surface area contributed by atoms with Gasteiger partial charge in [0.05, 0.1) is 6.10 Å². The molecule has 0 bridgehead atoms. The fraction of sp³-hybridized carbons (Fsp3) is 0.909. The SMILES string of the molecule is CCOC1CCC(NC2CC2)(C(N)=O)C1. The fourth-order valence-corrected chi connectivity index (χ4v) is 2.42. The van der Waals surface area contributed by atoms with Crippen molar-refractivity contribution >= 4 is 5.91 Å². The lowest BCUT2D eigenvalue weighted by molar-refractivity contribution is -0.124. The van der Waals surface area contributed by atoms with Crippen molar-refractivity contribution in [3.63, 3.8) is 0 Å². The van der Waals surface area contributed by atoms with E-state index in [1.54, 1.807) is 0 Å².